The lowest BCUT2D eigenvalue weighted by Crippen LogP contribution is -2.32. The maximum atomic E-state index is 13.9. The van der Waals surface area contributed by atoms with Crippen LogP contribution in [0.15, 0.2) is 47.5 Å². The van der Waals surface area contributed by atoms with Gasteiger partial charge in [-0.05, 0) is 48.7 Å². The summed E-state index contributed by atoms with van der Waals surface area (Å²) >= 11 is 0. The predicted molar refractivity (Wildman–Crippen MR) is 128 cm³/mol. The zero-order valence-corrected chi connectivity index (χ0v) is 19.3. The highest BCUT2D eigenvalue weighted by atomic mass is 19.2. The molecule has 1 aliphatic rings. The van der Waals surface area contributed by atoms with Crippen molar-refractivity contribution in [2.24, 2.45) is 4.99 Å². The standard InChI is InChI=1S/C26H21F5N4O2/c27-20-19(21(28)23(30)24(31)22(20)29)26(37)35-16-8-5-13(6-9-16)12-33-18-11-14(7-10-17(18)32)25(36)34-15-3-1-2-4-15/h5-12,15H,1-4,32H2,(H,34,36)(H,35,37). The maximum absolute atomic E-state index is 13.9. The van der Waals surface area contributed by atoms with Crippen molar-refractivity contribution in [3.63, 3.8) is 0 Å². The van der Waals surface area contributed by atoms with Gasteiger partial charge in [0, 0.05) is 23.5 Å². The van der Waals surface area contributed by atoms with Crippen molar-refractivity contribution < 1.29 is 31.5 Å². The molecule has 6 nitrogen and oxygen atoms in total. The molecule has 0 unspecified atom stereocenters. The predicted octanol–water partition coefficient (Wildman–Crippen LogP) is 5.64. The van der Waals surface area contributed by atoms with Crippen LogP contribution in [0.25, 0.3) is 0 Å². The zero-order valence-electron chi connectivity index (χ0n) is 19.3. The van der Waals surface area contributed by atoms with E-state index in [2.05, 4.69) is 15.6 Å². The lowest BCUT2D eigenvalue weighted by atomic mass is 10.1. The highest BCUT2D eigenvalue weighted by Crippen LogP contribution is 2.26. The van der Waals surface area contributed by atoms with E-state index >= 15 is 0 Å². The Morgan fingerprint density at radius 2 is 1.43 bits per heavy atom. The number of amides is 2. The third kappa shape index (κ3) is 5.60. The molecule has 0 atom stereocenters. The van der Waals surface area contributed by atoms with Crippen molar-refractivity contribution in [1.29, 1.82) is 0 Å². The van der Waals surface area contributed by atoms with Crippen LogP contribution < -0.4 is 16.4 Å². The summed E-state index contributed by atoms with van der Waals surface area (Å²) in [6.45, 7) is 0. The van der Waals surface area contributed by atoms with Crippen LogP contribution in [0, 0.1) is 29.1 Å². The number of halogens is 5. The first-order valence-electron chi connectivity index (χ1n) is 11.3. The molecule has 11 heteroatoms. The molecule has 192 valence electrons. The van der Waals surface area contributed by atoms with Gasteiger partial charge in [0.1, 0.15) is 5.56 Å². The lowest BCUT2D eigenvalue weighted by molar-refractivity contribution is 0.0937. The molecule has 0 heterocycles. The van der Waals surface area contributed by atoms with Crippen LogP contribution in [0.2, 0.25) is 0 Å². The molecule has 0 radical (unpaired) electrons. The third-order valence-electron chi connectivity index (χ3n) is 5.94. The number of nitrogens with two attached hydrogens (primary N) is 1. The van der Waals surface area contributed by atoms with Gasteiger partial charge in [0.05, 0.1) is 11.4 Å². The molecule has 0 aliphatic heterocycles. The van der Waals surface area contributed by atoms with Gasteiger partial charge >= 0.3 is 0 Å². The van der Waals surface area contributed by atoms with Crippen LogP contribution in [0.3, 0.4) is 0 Å². The normalized spacial score (nSPS) is 13.8. The van der Waals surface area contributed by atoms with Crippen molar-refractivity contribution in [3.05, 3.63) is 88.2 Å². The van der Waals surface area contributed by atoms with Gasteiger partial charge in [-0.1, -0.05) is 25.0 Å². The van der Waals surface area contributed by atoms with Gasteiger partial charge < -0.3 is 16.4 Å². The molecule has 0 aromatic heterocycles. The number of rotatable bonds is 6. The van der Waals surface area contributed by atoms with Gasteiger partial charge in [0.2, 0.25) is 5.82 Å². The second kappa shape index (κ2) is 10.8. The monoisotopic (exact) mass is 516 g/mol. The average molecular weight is 516 g/mol. The number of anilines is 2. The number of nitrogens with zero attached hydrogens (tertiary/aromatic N) is 1. The Hall–Kier alpha value is -4.28. The SMILES string of the molecule is Nc1ccc(C(=O)NC2CCCC2)cc1N=Cc1ccc(NC(=O)c2c(F)c(F)c(F)c(F)c2F)cc1. The van der Waals surface area contributed by atoms with E-state index in [-0.39, 0.29) is 17.6 Å². The molecule has 1 fully saturated rings. The van der Waals surface area contributed by atoms with E-state index < -0.39 is 40.6 Å². The number of nitrogens with one attached hydrogen (secondary N) is 2. The van der Waals surface area contributed by atoms with Gasteiger partial charge in [-0.2, -0.15) is 0 Å². The Kier molecular flexibility index (Phi) is 7.51. The number of aliphatic imine (C=N–C) groups is 1. The first-order valence-corrected chi connectivity index (χ1v) is 11.3. The number of hydrogen-bond donors (Lipinski definition) is 3. The summed E-state index contributed by atoms with van der Waals surface area (Å²) in [6.07, 6.45) is 5.51. The minimum Gasteiger partial charge on any atom is -0.397 e. The molecule has 0 saturated heterocycles. The van der Waals surface area contributed by atoms with Crippen molar-refractivity contribution >= 4 is 35.1 Å². The van der Waals surface area contributed by atoms with Gasteiger partial charge in [-0.3, -0.25) is 14.6 Å². The summed E-state index contributed by atoms with van der Waals surface area (Å²) in [4.78, 5) is 29.0. The fourth-order valence-electron chi connectivity index (χ4n) is 3.93. The Bertz CT molecular complexity index is 1360. The summed E-state index contributed by atoms with van der Waals surface area (Å²) in [7, 11) is 0. The summed E-state index contributed by atoms with van der Waals surface area (Å²) in [5.41, 5.74) is 6.09. The molecule has 0 spiro atoms. The van der Waals surface area contributed by atoms with Gasteiger partial charge in [0.25, 0.3) is 11.8 Å². The topological polar surface area (TPSA) is 96.6 Å². The minimum atomic E-state index is -2.35. The van der Waals surface area contributed by atoms with E-state index in [1.165, 1.54) is 30.5 Å². The molecular formula is C26H21F5N4O2. The number of nitrogen functional groups attached to an aromatic ring is 1. The number of carbonyl (C=O) groups excluding carboxylic acids is 2. The highest BCUT2D eigenvalue weighted by Gasteiger charge is 2.29. The molecule has 1 aliphatic carbocycles. The molecule has 2 amide bonds. The summed E-state index contributed by atoms with van der Waals surface area (Å²) in [5.74, 6) is -12.9. The van der Waals surface area contributed by atoms with E-state index in [1.54, 1.807) is 18.2 Å². The van der Waals surface area contributed by atoms with Crippen LogP contribution in [0.5, 0.6) is 0 Å². The lowest BCUT2D eigenvalue weighted by Gasteiger charge is -2.12. The molecule has 4 N–H and O–H groups in total. The minimum absolute atomic E-state index is 0.0381. The summed E-state index contributed by atoms with van der Waals surface area (Å²) in [5, 5.41) is 5.08. The molecule has 37 heavy (non-hydrogen) atoms. The second-order valence-electron chi connectivity index (χ2n) is 8.51. The van der Waals surface area contributed by atoms with Crippen molar-refractivity contribution in [2.45, 2.75) is 31.7 Å². The van der Waals surface area contributed by atoms with Gasteiger partial charge in [-0.25, -0.2) is 22.0 Å². The Morgan fingerprint density at radius 1 is 0.838 bits per heavy atom. The van der Waals surface area contributed by atoms with E-state index in [9.17, 15) is 31.5 Å². The Morgan fingerprint density at radius 3 is 2.05 bits per heavy atom. The molecule has 3 aromatic rings. The van der Waals surface area contributed by atoms with Crippen LogP contribution in [-0.2, 0) is 0 Å². The van der Waals surface area contributed by atoms with Crippen molar-refractivity contribution in [3.8, 4) is 0 Å². The largest absolute Gasteiger partial charge is 0.397 e. The van der Waals surface area contributed by atoms with Crippen LogP contribution in [0.4, 0.5) is 39.0 Å². The third-order valence-corrected chi connectivity index (χ3v) is 5.94. The Balaban J connectivity index is 1.46. The molecule has 4 rings (SSSR count). The fourth-order valence-corrected chi connectivity index (χ4v) is 3.93. The molecule has 0 bridgehead atoms. The smallest absolute Gasteiger partial charge is 0.261 e. The zero-order chi connectivity index (χ0) is 26.7. The van der Waals surface area contributed by atoms with Crippen LogP contribution >= 0.6 is 0 Å². The quantitative estimate of drug-likeness (QED) is 0.130. The van der Waals surface area contributed by atoms with Gasteiger partial charge in [0.15, 0.2) is 23.3 Å². The highest BCUT2D eigenvalue weighted by molar-refractivity contribution is 6.05. The second-order valence-corrected chi connectivity index (χ2v) is 8.51. The van der Waals surface area contributed by atoms with E-state index in [0.717, 1.165) is 25.7 Å². The average Bonchev–Trinajstić information content (AvgIpc) is 3.40. The first-order chi connectivity index (χ1) is 17.7. The summed E-state index contributed by atoms with van der Waals surface area (Å²) in [6, 6.07) is 10.6. The van der Waals surface area contributed by atoms with E-state index in [1.807, 2.05) is 0 Å². The van der Waals surface area contributed by atoms with E-state index in [4.69, 9.17) is 5.73 Å². The molecular weight excluding hydrogens is 495 g/mol. The molecule has 3 aromatic carbocycles. The number of hydrogen-bond acceptors (Lipinski definition) is 4. The van der Waals surface area contributed by atoms with E-state index in [0.29, 0.717) is 22.5 Å². The van der Waals surface area contributed by atoms with Crippen LogP contribution in [0.1, 0.15) is 52.0 Å². The number of benzene rings is 3. The van der Waals surface area contributed by atoms with Crippen molar-refractivity contribution in [1.82, 2.24) is 5.32 Å². The first kappa shape index (κ1) is 25.8. The summed E-state index contributed by atoms with van der Waals surface area (Å²) < 4.78 is 67.7. The maximum Gasteiger partial charge on any atom is 0.261 e. The molecule has 1 saturated carbocycles. The van der Waals surface area contributed by atoms with Gasteiger partial charge in [-0.15, -0.1) is 0 Å². The Labute approximate surface area is 208 Å². The fraction of sp³-hybridized carbons (Fsp3) is 0.192. The number of carbonyl (C=O) groups is 2. The van der Waals surface area contributed by atoms with Crippen molar-refractivity contribution in [2.75, 3.05) is 11.1 Å². The van der Waals surface area contributed by atoms with Crippen LogP contribution in [-0.4, -0.2) is 24.1 Å².